The van der Waals surface area contributed by atoms with Gasteiger partial charge in [-0.3, -0.25) is 0 Å². The van der Waals surface area contributed by atoms with Crippen molar-refractivity contribution in [1.29, 1.82) is 0 Å². The number of rotatable bonds is 3. The third kappa shape index (κ3) is 2.93. The summed E-state index contributed by atoms with van der Waals surface area (Å²) in [6.07, 6.45) is 1.85. The molecule has 1 atom stereocenters. The van der Waals surface area contributed by atoms with E-state index in [-0.39, 0.29) is 6.04 Å². The van der Waals surface area contributed by atoms with Crippen LogP contribution in [0.2, 0.25) is 0 Å². The van der Waals surface area contributed by atoms with Gasteiger partial charge in [0.15, 0.2) is 0 Å². The maximum atomic E-state index is 5.84. The van der Waals surface area contributed by atoms with Crippen LogP contribution in [0.25, 0.3) is 0 Å². The van der Waals surface area contributed by atoms with Crippen LogP contribution in [0.3, 0.4) is 0 Å². The third-order valence-corrected chi connectivity index (χ3v) is 3.35. The van der Waals surface area contributed by atoms with E-state index in [9.17, 15) is 0 Å². The predicted molar refractivity (Wildman–Crippen MR) is 80.8 cm³/mol. The third-order valence-electron chi connectivity index (χ3n) is 3.35. The lowest BCUT2D eigenvalue weighted by Crippen LogP contribution is -2.13. The number of pyridine rings is 1. The van der Waals surface area contributed by atoms with E-state index >= 15 is 0 Å². The van der Waals surface area contributed by atoms with Gasteiger partial charge in [-0.1, -0.05) is 23.8 Å². The quantitative estimate of drug-likeness (QED) is 0.913. The number of hydrogen-bond acceptors (Lipinski definition) is 3. The van der Waals surface area contributed by atoms with Gasteiger partial charge in [-0.2, -0.15) is 0 Å². The number of anilines is 2. The van der Waals surface area contributed by atoms with E-state index in [4.69, 9.17) is 5.73 Å². The first-order valence-electron chi connectivity index (χ1n) is 6.51. The van der Waals surface area contributed by atoms with Crippen LogP contribution >= 0.6 is 0 Å². The second kappa shape index (κ2) is 5.41. The average molecular weight is 255 g/mol. The molecule has 2 N–H and O–H groups in total. The highest BCUT2D eigenvalue weighted by Gasteiger charge is 2.09. The van der Waals surface area contributed by atoms with Crippen LogP contribution in [0.5, 0.6) is 0 Å². The topological polar surface area (TPSA) is 42.1 Å². The van der Waals surface area contributed by atoms with Gasteiger partial charge in [0.25, 0.3) is 0 Å². The fourth-order valence-corrected chi connectivity index (χ4v) is 2.17. The van der Waals surface area contributed by atoms with Crippen molar-refractivity contribution in [3.63, 3.8) is 0 Å². The van der Waals surface area contributed by atoms with E-state index in [1.165, 1.54) is 16.8 Å². The summed E-state index contributed by atoms with van der Waals surface area (Å²) in [6.45, 7) is 6.19. The molecule has 0 saturated carbocycles. The van der Waals surface area contributed by atoms with Crippen LogP contribution in [-0.4, -0.2) is 12.0 Å². The fraction of sp³-hybridized carbons (Fsp3) is 0.312. The summed E-state index contributed by atoms with van der Waals surface area (Å²) in [5, 5.41) is 0. The Kier molecular flexibility index (Phi) is 3.86. The van der Waals surface area contributed by atoms with Gasteiger partial charge >= 0.3 is 0 Å². The van der Waals surface area contributed by atoms with Crippen molar-refractivity contribution in [2.45, 2.75) is 26.8 Å². The molecule has 19 heavy (non-hydrogen) atoms. The highest BCUT2D eigenvalue weighted by molar-refractivity contribution is 5.63. The summed E-state index contributed by atoms with van der Waals surface area (Å²) < 4.78 is 0. The molecule has 2 rings (SSSR count). The van der Waals surface area contributed by atoms with E-state index in [0.717, 1.165) is 11.4 Å². The molecule has 100 valence electrons. The standard InChI is InChI=1S/C16H21N3/c1-11-5-7-15(12(2)9-11)19(4)16-8-6-14(10-18-16)13(3)17/h5-10,13H,17H2,1-4H3. The van der Waals surface area contributed by atoms with Gasteiger partial charge < -0.3 is 10.6 Å². The van der Waals surface area contributed by atoms with Crippen molar-refractivity contribution in [3.05, 3.63) is 53.2 Å². The summed E-state index contributed by atoms with van der Waals surface area (Å²) in [4.78, 5) is 6.58. The molecule has 1 unspecified atom stereocenters. The first-order chi connectivity index (χ1) is 8.99. The predicted octanol–water partition coefficient (Wildman–Crippen LogP) is 3.49. The van der Waals surface area contributed by atoms with Crippen molar-refractivity contribution in [1.82, 2.24) is 4.98 Å². The smallest absolute Gasteiger partial charge is 0.132 e. The first-order valence-corrected chi connectivity index (χ1v) is 6.51. The Morgan fingerprint density at radius 3 is 2.42 bits per heavy atom. The number of hydrogen-bond donors (Lipinski definition) is 1. The Morgan fingerprint density at radius 1 is 1.16 bits per heavy atom. The van der Waals surface area contributed by atoms with Crippen LogP contribution in [0.1, 0.15) is 29.7 Å². The Labute approximate surface area is 115 Å². The van der Waals surface area contributed by atoms with Gasteiger partial charge in [-0.05, 0) is 44.0 Å². The summed E-state index contributed by atoms with van der Waals surface area (Å²) in [5.41, 5.74) is 10.6. The maximum absolute atomic E-state index is 5.84. The summed E-state index contributed by atoms with van der Waals surface area (Å²) in [5.74, 6) is 0.927. The van der Waals surface area contributed by atoms with Crippen molar-refractivity contribution in [3.8, 4) is 0 Å². The fourth-order valence-electron chi connectivity index (χ4n) is 2.17. The molecule has 0 spiro atoms. The van der Waals surface area contributed by atoms with Gasteiger partial charge in [0.2, 0.25) is 0 Å². The van der Waals surface area contributed by atoms with Gasteiger partial charge in [0, 0.05) is 25.0 Å². The van der Waals surface area contributed by atoms with E-state index in [0.29, 0.717) is 0 Å². The largest absolute Gasteiger partial charge is 0.329 e. The average Bonchev–Trinajstić information content (AvgIpc) is 2.38. The lowest BCUT2D eigenvalue weighted by molar-refractivity contribution is 0.811. The minimum absolute atomic E-state index is 0.0213. The van der Waals surface area contributed by atoms with Crippen molar-refractivity contribution in [2.75, 3.05) is 11.9 Å². The lowest BCUT2D eigenvalue weighted by Gasteiger charge is -2.21. The number of benzene rings is 1. The molecule has 0 aliphatic carbocycles. The molecule has 0 aliphatic heterocycles. The molecule has 0 fully saturated rings. The van der Waals surface area contributed by atoms with Crippen LogP contribution in [-0.2, 0) is 0 Å². The zero-order valence-corrected chi connectivity index (χ0v) is 12.0. The van der Waals surface area contributed by atoms with Crippen molar-refractivity contribution < 1.29 is 0 Å². The highest BCUT2D eigenvalue weighted by Crippen LogP contribution is 2.26. The van der Waals surface area contributed by atoms with Crippen LogP contribution in [0, 0.1) is 13.8 Å². The normalized spacial score (nSPS) is 12.3. The molecule has 0 aliphatic rings. The Hall–Kier alpha value is -1.87. The van der Waals surface area contributed by atoms with E-state index in [2.05, 4.69) is 41.9 Å². The van der Waals surface area contributed by atoms with Crippen molar-refractivity contribution >= 4 is 11.5 Å². The molecule has 1 aromatic carbocycles. The van der Waals surface area contributed by atoms with Crippen LogP contribution in [0.4, 0.5) is 11.5 Å². The number of aromatic nitrogens is 1. The van der Waals surface area contributed by atoms with Crippen LogP contribution < -0.4 is 10.6 Å². The van der Waals surface area contributed by atoms with Gasteiger partial charge in [-0.15, -0.1) is 0 Å². The van der Waals surface area contributed by atoms with Gasteiger partial charge in [-0.25, -0.2) is 4.98 Å². The molecule has 0 radical (unpaired) electrons. The molecule has 0 bridgehead atoms. The number of aryl methyl sites for hydroxylation is 2. The minimum atomic E-state index is 0.0213. The van der Waals surface area contributed by atoms with E-state index in [1.54, 1.807) is 0 Å². The molecule has 1 heterocycles. The SMILES string of the molecule is Cc1ccc(N(C)c2ccc(C(C)N)cn2)c(C)c1. The number of nitrogens with zero attached hydrogens (tertiary/aromatic N) is 2. The first kappa shape index (κ1) is 13.6. The minimum Gasteiger partial charge on any atom is -0.329 e. The molecule has 3 heteroatoms. The lowest BCUT2D eigenvalue weighted by atomic mass is 10.1. The van der Waals surface area contributed by atoms with Gasteiger partial charge in [0.05, 0.1) is 0 Å². The second-order valence-electron chi connectivity index (χ2n) is 5.09. The molecule has 2 aromatic rings. The monoisotopic (exact) mass is 255 g/mol. The van der Waals surface area contributed by atoms with Crippen molar-refractivity contribution in [2.24, 2.45) is 5.73 Å². The number of nitrogens with two attached hydrogens (primary N) is 1. The maximum Gasteiger partial charge on any atom is 0.132 e. The molecule has 1 aromatic heterocycles. The molecular weight excluding hydrogens is 234 g/mol. The Bertz CT molecular complexity index is 559. The summed E-state index contributed by atoms with van der Waals surface area (Å²) in [6, 6.07) is 10.5. The Morgan fingerprint density at radius 2 is 1.89 bits per heavy atom. The summed E-state index contributed by atoms with van der Waals surface area (Å²) in [7, 11) is 2.03. The highest BCUT2D eigenvalue weighted by atomic mass is 15.2. The summed E-state index contributed by atoms with van der Waals surface area (Å²) >= 11 is 0. The Balaban J connectivity index is 2.30. The van der Waals surface area contributed by atoms with E-state index in [1.807, 2.05) is 32.3 Å². The molecule has 0 amide bonds. The van der Waals surface area contributed by atoms with Crippen LogP contribution in [0.15, 0.2) is 36.5 Å². The zero-order chi connectivity index (χ0) is 14.0. The van der Waals surface area contributed by atoms with Gasteiger partial charge in [0.1, 0.15) is 5.82 Å². The molecule has 0 saturated heterocycles. The second-order valence-corrected chi connectivity index (χ2v) is 5.09. The zero-order valence-electron chi connectivity index (χ0n) is 12.0. The molecular formula is C16H21N3. The molecule has 3 nitrogen and oxygen atoms in total. The van der Waals surface area contributed by atoms with E-state index < -0.39 is 0 Å².